The molecule has 0 aliphatic carbocycles. The van der Waals surface area contributed by atoms with Crippen LogP contribution < -0.4 is 21.1 Å². The number of fused-ring (bicyclic) bond motifs is 1. The fraction of sp³-hybridized carbons (Fsp3) is 0.108. The van der Waals surface area contributed by atoms with Crippen LogP contribution in [0.15, 0.2) is 141 Å². The van der Waals surface area contributed by atoms with E-state index < -0.39 is 76.4 Å². The first-order chi connectivity index (χ1) is 26.4. The number of aromatic amines is 1. The summed E-state index contributed by atoms with van der Waals surface area (Å²) in [7, 11) is -0.0146. The highest BCUT2D eigenvalue weighted by Gasteiger charge is 2.31. The number of benzene rings is 4. The largest absolute Gasteiger partial charge is 0.550 e. The molecule has 18 heteroatoms. The van der Waals surface area contributed by atoms with Crippen LogP contribution in [0.1, 0.15) is 28.9 Å². The fourth-order valence-electron chi connectivity index (χ4n) is 5.03. The summed E-state index contributed by atoms with van der Waals surface area (Å²) in [6.45, 7) is -0.574. The zero-order valence-electron chi connectivity index (χ0n) is 28.3. The number of nitrogens with one attached hydrogen (secondary N) is 1. The molecule has 1 atom stereocenters. The molecule has 282 valence electrons. The van der Waals surface area contributed by atoms with Gasteiger partial charge in [-0.15, -0.1) is 0 Å². The standard InChI is InChI=1S/C19H15F4N7O6.C18H15S/c20-28(8-10-7-24-15-14(25-10)16(33)27-19(26-15)30(22)23)11-3-1-9(2-4-11)17(34)29(21)12(18(35)36)5-6-13(31)32;1-4-10-16(11-5-1)19(17-12-6-2-7-13-17)18-14-8-3-9-15-18/h1-4,7,12H,5-6,8H2,(H,31,32)(H,35,36)(H,24,26,27,33);1-15H/q;+1/p-1/t12-;/m0./s1. The van der Waals surface area contributed by atoms with Gasteiger partial charge in [0.25, 0.3) is 17.4 Å². The highest BCUT2D eigenvalue weighted by Crippen LogP contribution is 2.30. The summed E-state index contributed by atoms with van der Waals surface area (Å²) in [5.74, 6) is -5.85. The Bertz CT molecular complexity index is 2200. The number of hydrogen-bond acceptors (Lipinski definition) is 10. The number of amides is 1. The molecule has 2 N–H and O–H groups in total. The molecule has 0 spiro atoms. The van der Waals surface area contributed by atoms with Gasteiger partial charge in [-0.1, -0.05) is 72.5 Å². The Morgan fingerprint density at radius 2 is 1.31 bits per heavy atom. The van der Waals surface area contributed by atoms with Crippen LogP contribution >= 0.6 is 0 Å². The number of aliphatic carboxylic acids is 2. The van der Waals surface area contributed by atoms with E-state index in [1.807, 2.05) is 0 Å². The van der Waals surface area contributed by atoms with Gasteiger partial charge in [0.1, 0.15) is 0 Å². The highest BCUT2D eigenvalue weighted by molar-refractivity contribution is 7.97. The highest BCUT2D eigenvalue weighted by atomic mass is 32.2. The third kappa shape index (κ3) is 10.2. The molecule has 0 bridgehead atoms. The first-order valence-electron chi connectivity index (χ1n) is 16.2. The van der Waals surface area contributed by atoms with E-state index >= 15 is 0 Å². The minimum atomic E-state index is -2.08. The second-order valence-electron chi connectivity index (χ2n) is 11.3. The summed E-state index contributed by atoms with van der Waals surface area (Å²) >= 11 is 0. The first-order valence-corrected chi connectivity index (χ1v) is 17.4. The van der Waals surface area contributed by atoms with E-state index in [1.165, 1.54) is 14.7 Å². The lowest BCUT2D eigenvalue weighted by atomic mass is 10.1. The van der Waals surface area contributed by atoms with Crippen molar-refractivity contribution in [1.29, 1.82) is 0 Å². The summed E-state index contributed by atoms with van der Waals surface area (Å²) in [4.78, 5) is 62.7. The number of carboxylic acids is 2. The predicted octanol–water partition coefficient (Wildman–Crippen LogP) is 5.27. The van der Waals surface area contributed by atoms with E-state index in [1.54, 1.807) is 4.98 Å². The Labute approximate surface area is 312 Å². The van der Waals surface area contributed by atoms with Crippen LogP contribution in [0.2, 0.25) is 0 Å². The van der Waals surface area contributed by atoms with Gasteiger partial charge in [0.05, 0.1) is 35.0 Å². The molecule has 6 rings (SSSR count). The van der Waals surface area contributed by atoms with Gasteiger partial charge >= 0.3 is 5.97 Å². The number of halogens is 4. The smallest absolute Gasteiger partial charge is 0.329 e. The zero-order chi connectivity index (χ0) is 39.5. The molecule has 1 amide bonds. The number of carbonyl (C=O) groups excluding carboxylic acids is 2. The molecule has 4 aromatic carbocycles. The van der Waals surface area contributed by atoms with Gasteiger partial charge in [-0.25, -0.2) is 19.9 Å². The van der Waals surface area contributed by atoms with Gasteiger partial charge < -0.3 is 15.0 Å². The van der Waals surface area contributed by atoms with E-state index in [0.29, 0.717) is 0 Å². The molecule has 0 fully saturated rings. The third-order valence-electron chi connectivity index (χ3n) is 7.62. The second-order valence-corrected chi connectivity index (χ2v) is 13.4. The first kappa shape index (κ1) is 39.4. The maximum absolute atomic E-state index is 14.6. The molecule has 0 saturated carbocycles. The van der Waals surface area contributed by atoms with E-state index in [9.17, 15) is 42.2 Å². The van der Waals surface area contributed by atoms with Gasteiger partial charge in [0.15, 0.2) is 31.9 Å². The number of nitrogens with zero attached hydrogens (tertiary/aromatic N) is 6. The molecule has 0 aliphatic heterocycles. The van der Waals surface area contributed by atoms with Crippen molar-refractivity contribution in [1.82, 2.24) is 25.1 Å². The van der Waals surface area contributed by atoms with Gasteiger partial charge in [-0.05, 0) is 78.8 Å². The van der Waals surface area contributed by atoms with Crippen molar-refractivity contribution in [3.8, 4) is 0 Å². The lowest BCUT2D eigenvalue weighted by Gasteiger charge is -2.20. The van der Waals surface area contributed by atoms with E-state index in [-0.39, 0.29) is 33.0 Å². The van der Waals surface area contributed by atoms with Gasteiger partial charge in [0, 0.05) is 11.5 Å². The Balaban J connectivity index is 0.000000254. The Hall–Kier alpha value is -6.82. The lowest BCUT2D eigenvalue weighted by molar-refractivity contribution is -0.306. The number of carbonyl (C=O) groups is 3. The maximum Gasteiger partial charge on any atom is 0.329 e. The van der Waals surface area contributed by atoms with Gasteiger partial charge in [0.2, 0.25) is 0 Å². The molecule has 2 aromatic heterocycles. The van der Waals surface area contributed by atoms with Gasteiger partial charge in [-0.3, -0.25) is 14.6 Å². The van der Waals surface area contributed by atoms with Crippen LogP contribution in [0, 0.1) is 0 Å². The van der Waals surface area contributed by atoms with Gasteiger partial charge in [-0.2, -0.15) is 10.1 Å². The summed E-state index contributed by atoms with van der Waals surface area (Å²) in [5.41, 5.74) is -2.45. The fourth-order valence-corrected chi connectivity index (χ4v) is 7.13. The van der Waals surface area contributed by atoms with E-state index in [2.05, 4.69) is 106 Å². The molecule has 6 aromatic rings. The summed E-state index contributed by atoms with van der Waals surface area (Å²) in [6, 6.07) is 34.2. The van der Waals surface area contributed by atoms with Crippen molar-refractivity contribution >= 4 is 51.5 Å². The minimum Gasteiger partial charge on any atom is -0.550 e. The minimum absolute atomic E-state index is 0.0146. The number of aromatic nitrogens is 4. The van der Waals surface area contributed by atoms with Crippen LogP contribution in [0.4, 0.5) is 29.6 Å². The van der Waals surface area contributed by atoms with Crippen LogP contribution in [0.3, 0.4) is 0 Å². The van der Waals surface area contributed by atoms with Crippen LogP contribution in [0.25, 0.3) is 11.2 Å². The number of carboxylic acid groups (broad SMARTS) is 2. The van der Waals surface area contributed by atoms with Crippen molar-refractivity contribution in [2.24, 2.45) is 0 Å². The average molecular weight is 776 g/mol. The molecule has 2 heterocycles. The molecule has 0 saturated heterocycles. The number of rotatable bonds is 13. The molecule has 55 heavy (non-hydrogen) atoms. The lowest BCUT2D eigenvalue weighted by Crippen LogP contribution is -2.40. The normalized spacial score (nSPS) is 11.3. The number of hydrogen-bond donors (Lipinski definition) is 2. The molecule has 0 unspecified atom stereocenters. The maximum atomic E-state index is 14.6. The SMILES string of the molecule is O=C([O-])CC[C@@H](C(=O)O)N(F)C(=O)c1ccc(N(F)Cc2cnc3nc(N(F)F)[nH]c(=O)c3n2)cc1.c1ccc([S+](c2ccccc2)c2ccccc2)cc1. The van der Waals surface area contributed by atoms with Crippen molar-refractivity contribution in [3.63, 3.8) is 0 Å². The predicted molar refractivity (Wildman–Crippen MR) is 191 cm³/mol. The molecule has 0 radical (unpaired) electrons. The monoisotopic (exact) mass is 775 g/mol. The van der Waals surface area contributed by atoms with E-state index in [0.717, 1.165) is 30.5 Å². The summed E-state index contributed by atoms with van der Waals surface area (Å²) < 4.78 is 54.1. The quantitative estimate of drug-likeness (QED) is 0.0888. The molecular weight excluding hydrogens is 747 g/mol. The molecule has 13 nitrogen and oxygen atoms in total. The molecular formula is C37H29F4N7O6S. The van der Waals surface area contributed by atoms with Crippen LogP contribution in [0.5, 0.6) is 0 Å². The number of anilines is 2. The Kier molecular flexibility index (Phi) is 13.1. The zero-order valence-corrected chi connectivity index (χ0v) is 29.2. The Morgan fingerprint density at radius 1 is 0.782 bits per heavy atom. The number of H-pyrrole nitrogens is 1. The molecule has 0 aliphatic rings. The topological polar surface area (TPSA) is 176 Å². The van der Waals surface area contributed by atoms with Crippen molar-refractivity contribution < 1.29 is 42.5 Å². The van der Waals surface area contributed by atoms with Crippen molar-refractivity contribution in [3.05, 3.63) is 143 Å². The van der Waals surface area contributed by atoms with Crippen molar-refractivity contribution in [2.45, 2.75) is 40.1 Å². The van der Waals surface area contributed by atoms with Crippen molar-refractivity contribution in [2.75, 3.05) is 10.5 Å². The third-order valence-corrected chi connectivity index (χ3v) is 9.85. The Morgan fingerprint density at radius 3 is 1.78 bits per heavy atom. The van der Waals surface area contributed by atoms with Crippen LogP contribution in [-0.2, 0) is 27.0 Å². The second kappa shape index (κ2) is 18.3. The summed E-state index contributed by atoms with van der Waals surface area (Å²) in [6.07, 6.45) is -0.530. The average Bonchev–Trinajstić information content (AvgIpc) is 3.19. The van der Waals surface area contributed by atoms with Crippen LogP contribution in [-0.4, -0.2) is 54.1 Å². The van der Waals surface area contributed by atoms with E-state index in [4.69, 9.17) is 5.11 Å². The summed E-state index contributed by atoms with van der Waals surface area (Å²) in [5, 5.41) is 17.6.